The summed E-state index contributed by atoms with van der Waals surface area (Å²) in [5.74, 6) is -1.24. The number of nitrogens with one attached hydrogen (secondary N) is 1. The summed E-state index contributed by atoms with van der Waals surface area (Å²) in [6, 6.07) is 3.05. The van der Waals surface area contributed by atoms with Gasteiger partial charge in [-0.05, 0) is 50.4 Å². The van der Waals surface area contributed by atoms with E-state index in [1.807, 2.05) is 0 Å². The van der Waals surface area contributed by atoms with Crippen LogP contribution in [0.3, 0.4) is 0 Å². The lowest BCUT2D eigenvalue weighted by Gasteiger charge is -2.07. The number of hydrogen-bond donors (Lipinski definition) is 2. The highest BCUT2D eigenvalue weighted by Gasteiger charge is 2.17. The van der Waals surface area contributed by atoms with E-state index in [0.717, 1.165) is 0 Å². The number of rotatable bonds is 6. The van der Waals surface area contributed by atoms with Crippen molar-refractivity contribution in [1.29, 1.82) is 0 Å². The number of methoxy groups -OCH3 is 1. The van der Waals surface area contributed by atoms with E-state index in [0.29, 0.717) is 34.2 Å². The van der Waals surface area contributed by atoms with E-state index in [2.05, 4.69) is 37.2 Å². The number of nitrogen functional groups attached to an aromatic ring is 1. The predicted molar refractivity (Wildman–Crippen MR) is 80.1 cm³/mol. The number of anilines is 1. The molecule has 104 valence electrons. The highest BCUT2D eigenvalue weighted by molar-refractivity contribution is 9.11. The molecule has 0 aliphatic heterocycles. The third kappa shape index (κ3) is 4.59. The molecule has 0 aliphatic rings. The largest absolute Gasteiger partial charge is 0.397 e. The fourth-order valence-corrected chi connectivity index (χ4v) is 2.53. The summed E-state index contributed by atoms with van der Waals surface area (Å²) in [5, 5.41) is 2.54. The lowest BCUT2D eigenvalue weighted by Crippen LogP contribution is -2.32. The van der Waals surface area contributed by atoms with Crippen LogP contribution >= 0.6 is 31.9 Å². The van der Waals surface area contributed by atoms with Gasteiger partial charge in [0.05, 0.1) is 5.69 Å². The van der Waals surface area contributed by atoms with Gasteiger partial charge in [0.1, 0.15) is 0 Å². The molecule has 0 radical (unpaired) electrons. The van der Waals surface area contributed by atoms with Gasteiger partial charge in [-0.3, -0.25) is 9.59 Å². The molecule has 0 heterocycles. The quantitative estimate of drug-likeness (QED) is 0.335. The van der Waals surface area contributed by atoms with Gasteiger partial charge in [-0.15, -0.1) is 0 Å². The number of nitrogens with two attached hydrogens (primary N) is 1. The van der Waals surface area contributed by atoms with Gasteiger partial charge in [-0.25, -0.2) is 0 Å². The van der Waals surface area contributed by atoms with Gasteiger partial charge in [0.15, 0.2) is 0 Å². The van der Waals surface area contributed by atoms with Crippen LogP contribution in [-0.4, -0.2) is 32.0 Å². The van der Waals surface area contributed by atoms with Gasteiger partial charge < -0.3 is 15.8 Å². The van der Waals surface area contributed by atoms with E-state index >= 15 is 0 Å². The molecule has 0 unspecified atom stereocenters. The Kier molecular flexibility index (Phi) is 6.47. The summed E-state index contributed by atoms with van der Waals surface area (Å²) in [6.07, 6.45) is 0.657. The molecule has 0 spiro atoms. The van der Waals surface area contributed by atoms with Crippen LogP contribution in [0.15, 0.2) is 21.1 Å². The van der Waals surface area contributed by atoms with Crippen LogP contribution in [0.5, 0.6) is 0 Å². The molecule has 0 saturated heterocycles. The number of hydrogen-bond acceptors (Lipinski definition) is 4. The Balaban J connectivity index is 2.69. The van der Waals surface area contributed by atoms with Crippen LogP contribution in [0.2, 0.25) is 0 Å². The molecule has 0 saturated carbocycles. The van der Waals surface area contributed by atoms with Gasteiger partial charge >= 0.3 is 0 Å². The predicted octanol–water partition coefficient (Wildman–Crippen LogP) is 2.13. The van der Waals surface area contributed by atoms with E-state index in [1.165, 1.54) is 12.1 Å². The van der Waals surface area contributed by atoms with E-state index in [1.54, 1.807) is 7.11 Å². The summed E-state index contributed by atoms with van der Waals surface area (Å²) in [4.78, 5) is 23.5. The average Bonchev–Trinajstić information content (AvgIpc) is 2.39. The molecule has 7 heteroatoms. The number of benzene rings is 1. The van der Waals surface area contributed by atoms with Crippen LogP contribution in [-0.2, 0) is 9.53 Å². The second-order valence-corrected chi connectivity index (χ2v) is 5.49. The zero-order valence-corrected chi connectivity index (χ0v) is 13.5. The second kappa shape index (κ2) is 7.62. The minimum absolute atomic E-state index is 0.275. The molecule has 1 amide bonds. The van der Waals surface area contributed by atoms with Crippen molar-refractivity contribution in [2.24, 2.45) is 0 Å². The van der Waals surface area contributed by atoms with Crippen molar-refractivity contribution in [3.63, 3.8) is 0 Å². The maximum Gasteiger partial charge on any atom is 0.292 e. The minimum Gasteiger partial charge on any atom is -0.397 e. The molecule has 1 aromatic rings. The first kappa shape index (κ1) is 16.1. The van der Waals surface area contributed by atoms with Gasteiger partial charge in [0.2, 0.25) is 5.78 Å². The lowest BCUT2D eigenvalue weighted by molar-refractivity contribution is -0.117. The number of carbonyl (C=O) groups excluding carboxylic acids is 2. The van der Waals surface area contributed by atoms with Crippen LogP contribution in [0, 0.1) is 0 Å². The minimum atomic E-state index is -0.639. The number of ketones is 1. The van der Waals surface area contributed by atoms with Crippen LogP contribution in [0.4, 0.5) is 5.69 Å². The smallest absolute Gasteiger partial charge is 0.292 e. The zero-order valence-electron chi connectivity index (χ0n) is 10.3. The Morgan fingerprint density at radius 1 is 1.32 bits per heavy atom. The van der Waals surface area contributed by atoms with Gasteiger partial charge in [0, 0.05) is 34.8 Å². The summed E-state index contributed by atoms with van der Waals surface area (Å²) in [7, 11) is 1.58. The first-order chi connectivity index (χ1) is 8.97. The fourth-order valence-electron chi connectivity index (χ4n) is 1.35. The lowest BCUT2D eigenvalue weighted by atomic mass is 10.1. The Bertz CT molecular complexity index is 469. The monoisotopic (exact) mass is 392 g/mol. The molecule has 0 fully saturated rings. The topological polar surface area (TPSA) is 81.4 Å². The van der Waals surface area contributed by atoms with Crippen molar-refractivity contribution in [1.82, 2.24) is 5.32 Å². The molecule has 0 aliphatic carbocycles. The fraction of sp³-hybridized carbons (Fsp3) is 0.333. The number of halogens is 2. The number of Topliss-reactive ketones (excluding diaryl/α,β-unsaturated/α-hetero) is 1. The van der Waals surface area contributed by atoms with Crippen molar-refractivity contribution in [3.8, 4) is 0 Å². The molecule has 1 rings (SSSR count). The average molecular weight is 394 g/mol. The third-order valence-corrected chi connectivity index (χ3v) is 3.67. The van der Waals surface area contributed by atoms with Gasteiger partial charge in [-0.2, -0.15) is 0 Å². The van der Waals surface area contributed by atoms with Crippen LogP contribution < -0.4 is 11.1 Å². The van der Waals surface area contributed by atoms with Crippen molar-refractivity contribution in [2.75, 3.05) is 26.0 Å². The maximum absolute atomic E-state index is 11.9. The Morgan fingerprint density at radius 2 is 1.89 bits per heavy atom. The Hall–Kier alpha value is -0.920. The highest BCUT2D eigenvalue weighted by atomic mass is 79.9. The molecular weight excluding hydrogens is 380 g/mol. The number of amides is 1. The molecule has 0 bridgehead atoms. The van der Waals surface area contributed by atoms with Crippen molar-refractivity contribution in [3.05, 3.63) is 26.6 Å². The normalized spacial score (nSPS) is 10.3. The molecular formula is C12H14Br2N2O3. The molecule has 0 atom stereocenters. The molecule has 3 N–H and O–H groups in total. The molecule has 5 nitrogen and oxygen atoms in total. The van der Waals surface area contributed by atoms with Crippen molar-refractivity contribution in [2.45, 2.75) is 6.42 Å². The Morgan fingerprint density at radius 3 is 2.42 bits per heavy atom. The van der Waals surface area contributed by atoms with Crippen molar-refractivity contribution >= 4 is 49.2 Å². The third-order valence-electron chi connectivity index (χ3n) is 2.36. The second-order valence-electron chi connectivity index (χ2n) is 3.78. The van der Waals surface area contributed by atoms with Crippen LogP contribution in [0.1, 0.15) is 16.8 Å². The highest BCUT2D eigenvalue weighted by Crippen LogP contribution is 2.29. The zero-order chi connectivity index (χ0) is 14.4. The molecule has 0 aromatic heterocycles. The van der Waals surface area contributed by atoms with Crippen molar-refractivity contribution < 1.29 is 14.3 Å². The van der Waals surface area contributed by atoms with E-state index in [-0.39, 0.29) is 5.56 Å². The standard InChI is InChI=1S/C12H14Br2N2O3/c1-19-4-2-3-16-12(18)11(17)7-5-8(13)10(15)9(14)6-7/h5-6H,2-4,15H2,1H3,(H,16,18). The molecule has 1 aromatic carbocycles. The summed E-state index contributed by atoms with van der Waals surface area (Å²) < 4.78 is 5.98. The van der Waals surface area contributed by atoms with Gasteiger partial charge in [-0.1, -0.05) is 0 Å². The Labute approximate surface area is 128 Å². The summed E-state index contributed by atoms with van der Waals surface area (Å²) in [6.45, 7) is 0.934. The van der Waals surface area contributed by atoms with E-state index in [9.17, 15) is 9.59 Å². The first-order valence-electron chi connectivity index (χ1n) is 5.53. The summed E-state index contributed by atoms with van der Waals surface area (Å²) in [5.41, 5.74) is 6.48. The SMILES string of the molecule is COCCCNC(=O)C(=O)c1cc(Br)c(N)c(Br)c1. The summed E-state index contributed by atoms with van der Waals surface area (Å²) >= 11 is 6.46. The van der Waals surface area contributed by atoms with E-state index in [4.69, 9.17) is 10.5 Å². The molecule has 19 heavy (non-hydrogen) atoms. The van der Waals surface area contributed by atoms with Gasteiger partial charge in [0.25, 0.3) is 5.91 Å². The number of carbonyl (C=O) groups is 2. The van der Waals surface area contributed by atoms with E-state index < -0.39 is 11.7 Å². The van der Waals surface area contributed by atoms with Crippen LogP contribution in [0.25, 0.3) is 0 Å². The maximum atomic E-state index is 11.9. The number of ether oxygens (including phenoxy) is 1. The first-order valence-corrected chi connectivity index (χ1v) is 7.12.